The summed E-state index contributed by atoms with van der Waals surface area (Å²) in [6.07, 6.45) is 7.14. The quantitative estimate of drug-likeness (QED) is 0.362. The molecular formula is C20H25KO5S. The van der Waals surface area contributed by atoms with E-state index in [-0.39, 0.29) is 57.1 Å². The normalized spacial score (nSPS) is 11.0. The molecule has 0 saturated carbocycles. The first-order valence-corrected chi connectivity index (χ1v) is 10.4. The van der Waals surface area contributed by atoms with Crippen molar-refractivity contribution in [1.29, 1.82) is 0 Å². The van der Waals surface area contributed by atoms with E-state index in [1.54, 1.807) is 30.3 Å². The molecule has 0 saturated heterocycles. The maximum atomic E-state index is 12.2. The minimum atomic E-state index is -4.55. The standard InChI is InChI=1S/C20H26O5S.K/c1-2-3-4-5-6-8-11-16-14-19(25-17-12-9-7-10-13-17)20(15-18(16)21)26(22,23)24;/h7,9-10,12-15,21H,2-6,8,11H2,1H3,(H,22,23,24);/q;+1/p-1. The zero-order valence-corrected chi connectivity index (χ0v) is 19.9. The van der Waals surface area contributed by atoms with Crippen LogP contribution < -0.4 is 61.2 Å². The van der Waals surface area contributed by atoms with Crippen LogP contribution in [0.25, 0.3) is 0 Å². The van der Waals surface area contributed by atoms with Gasteiger partial charge in [-0.1, -0.05) is 62.8 Å². The zero-order chi connectivity index (χ0) is 19.0. The van der Waals surface area contributed by atoms with Crippen molar-refractivity contribution >= 4 is 10.1 Å². The average Bonchev–Trinajstić information content (AvgIpc) is 2.60. The van der Waals surface area contributed by atoms with E-state index < -0.39 is 20.8 Å². The van der Waals surface area contributed by atoms with Gasteiger partial charge in [0.05, 0.1) is 0 Å². The molecule has 0 atom stereocenters. The van der Waals surface area contributed by atoms with Crippen LogP contribution in [0.2, 0.25) is 0 Å². The SMILES string of the molecule is CCCCCCCCc1cc(Oc2ccccc2)c(S(=O)(=O)O)cc1[O-].[K+]. The summed E-state index contributed by atoms with van der Waals surface area (Å²) in [5, 5.41) is 12.2. The fourth-order valence-corrected chi connectivity index (χ4v) is 3.38. The van der Waals surface area contributed by atoms with Gasteiger partial charge in [-0.2, -0.15) is 8.42 Å². The number of aryl methyl sites for hydroxylation is 1. The monoisotopic (exact) mass is 416 g/mol. The van der Waals surface area contributed by atoms with E-state index in [0.29, 0.717) is 17.7 Å². The van der Waals surface area contributed by atoms with Crippen molar-refractivity contribution in [2.24, 2.45) is 0 Å². The van der Waals surface area contributed by atoms with E-state index in [9.17, 15) is 18.1 Å². The van der Waals surface area contributed by atoms with Gasteiger partial charge in [-0.05, 0) is 37.1 Å². The van der Waals surface area contributed by atoms with Gasteiger partial charge in [0, 0.05) is 0 Å². The Kier molecular flexibility index (Phi) is 11.1. The fourth-order valence-electron chi connectivity index (χ4n) is 2.77. The minimum absolute atomic E-state index is 0. The van der Waals surface area contributed by atoms with Crippen LogP contribution >= 0.6 is 0 Å². The molecule has 0 radical (unpaired) electrons. The van der Waals surface area contributed by atoms with Gasteiger partial charge in [-0.3, -0.25) is 4.55 Å². The Balaban J connectivity index is 0.00000364. The molecule has 0 unspecified atom stereocenters. The van der Waals surface area contributed by atoms with Crippen molar-refractivity contribution in [1.82, 2.24) is 0 Å². The van der Waals surface area contributed by atoms with Crippen LogP contribution in [0.15, 0.2) is 47.4 Å². The molecular weight excluding hydrogens is 391 g/mol. The Labute approximate surface area is 204 Å². The summed E-state index contributed by atoms with van der Waals surface area (Å²) in [5.41, 5.74) is 0.499. The van der Waals surface area contributed by atoms with Gasteiger partial charge in [-0.25, -0.2) is 0 Å². The number of unbranched alkanes of at least 4 members (excludes halogenated alkanes) is 5. The first kappa shape index (κ1) is 24.6. The van der Waals surface area contributed by atoms with E-state index in [1.165, 1.54) is 25.3 Å². The van der Waals surface area contributed by atoms with Gasteiger partial charge in [0.2, 0.25) is 0 Å². The average molecular weight is 417 g/mol. The van der Waals surface area contributed by atoms with Gasteiger partial charge >= 0.3 is 51.4 Å². The number of hydrogen-bond acceptors (Lipinski definition) is 4. The van der Waals surface area contributed by atoms with Gasteiger partial charge in [0.1, 0.15) is 16.4 Å². The summed E-state index contributed by atoms with van der Waals surface area (Å²) < 4.78 is 38.2. The summed E-state index contributed by atoms with van der Waals surface area (Å²) in [7, 11) is -4.55. The van der Waals surface area contributed by atoms with Gasteiger partial charge in [0.25, 0.3) is 10.1 Å². The first-order chi connectivity index (χ1) is 12.4. The summed E-state index contributed by atoms with van der Waals surface area (Å²) in [6.45, 7) is 2.16. The van der Waals surface area contributed by atoms with Crippen LogP contribution in [0.4, 0.5) is 0 Å². The second kappa shape index (κ2) is 12.2. The number of hydrogen-bond donors (Lipinski definition) is 1. The number of benzene rings is 2. The molecule has 0 amide bonds. The van der Waals surface area contributed by atoms with Crippen molar-refractivity contribution < 1.29 is 74.2 Å². The minimum Gasteiger partial charge on any atom is -0.872 e. The van der Waals surface area contributed by atoms with Crippen molar-refractivity contribution in [3.8, 4) is 17.2 Å². The number of rotatable bonds is 10. The van der Waals surface area contributed by atoms with Crippen LogP contribution in [-0.4, -0.2) is 13.0 Å². The van der Waals surface area contributed by atoms with Crippen molar-refractivity contribution in [3.63, 3.8) is 0 Å². The molecule has 142 valence electrons. The molecule has 7 heteroatoms. The van der Waals surface area contributed by atoms with Crippen LogP contribution in [-0.2, 0) is 16.5 Å². The molecule has 2 aromatic carbocycles. The molecule has 27 heavy (non-hydrogen) atoms. The van der Waals surface area contributed by atoms with E-state index >= 15 is 0 Å². The predicted octanol–water partition coefficient (Wildman–Crippen LogP) is 1.71. The summed E-state index contributed by atoms with van der Waals surface area (Å²) in [6, 6.07) is 11.0. The van der Waals surface area contributed by atoms with Gasteiger partial charge in [-0.15, -0.1) is 5.75 Å². The topological polar surface area (TPSA) is 86.7 Å². The summed E-state index contributed by atoms with van der Waals surface area (Å²) >= 11 is 0. The van der Waals surface area contributed by atoms with Crippen LogP contribution in [0, 0.1) is 0 Å². The Bertz CT molecular complexity index is 807. The number of para-hydroxylation sites is 1. The van der Waals surface area contributed by atoms with E-state index in [2.05, 4.69) is 6.92 Å². The third kappa shape index (κ3) is 8.23. The zero-order valence-electron chi connectivity index (χ0n) is 16.0. The molecule has 0 spiro atoms. The third-order valence-corrected chi connectivity index (χ3v) is 5.05. The molecule has 1 N–H and O–H groups in total. The second-order valence-electron chi connectivity index (χ2n) is 6.31. The molecule has 2 rings (SSSR count). The van der Waals surface area contributed by atoms with E-state index in [1.807, 2.05) is 0 Å². The third-order valence-electron chi connectivity index (χ3n) is 4.18. The molecule has 5 nitrogen and oxygen atoms in total. The second-order valence-corrected chi connectivity index (χ2v) is 7.70. The van der Waals surface area contributed by atoms with Crippen molar-refractivity contribution in [2.45, 2.75) is 56.8 Å². The molecule has 0 fully saturated rings. The summed E-state index contributed by atoms with van der Waals surface area (Å²) in [5.74, 6) is 0.00689. The Morgan fingerprint density at radius 2 is 1.63 bits per heavy atom. The molecule has 0 aliphatic carbocycles. The van der Waals surface area contributed by atoms with Crippen molar-refractivity contribution in [3.05, 3.63) is 48.0 Å². The molecule has 2 aromatic rings. The molecule has 0 bridgehead atoms. The van der Waals surface area contributed by atoms with Crippen LogP contribution in [0.5, 0.6) is 17.2 Å². The maximum Gasteiger partial charge on any atom is 1.00 e. The largest absolute Gasteiger partial charge is 1.00 e. The molecule has 0 heterocycles. The smallest absolute Gasteiger partial charge is 0.872 e. The van der Waals surface area contributed by atoms with Crippen molar-refractivity contribution in [2.75, 3.05) is 0 Å². The molecule has 0 aromatic heterocycles. The van der Waals surface area contributed by atoms with Crippen LogP contribution in [0.3, 0.4) is 0 Å². The molecule has 0 aliphatic rings. The van der Waals surface area contributed by atoms with E-state index in [4.69, 9.17) is 4.74 Å². The van der Waals surface area contributed by atoms with Gasteiger partial charge in [0.15, 0.2) is 0 Å². The molecule has 0 aliphatic heterocycles. The first-order valence-electron chi connectivity index (χ1n) is 8.96. The Hall–Kier alpha value is -0.414. The Morgan fingerprint density at radius 3 is 2.26 bits per heavy atom. The predicted molar refractivity (Wildman–Crippen MR) is 99.3 cm³/mol. The van der Waals surface area contributed by atoms with Crippen LogP contribution in [0.1, 0.15) is 51.0 Å². The van der Waals surface area contributed by atoms with Gasteiger partial charge < -0.3 is 9.84 Å². The van der Waals surface area contributed by atoms with E-state index in [0.717, 1.165) is 25.3 Å². The maximum absolute atomic E-state index is 12.2. The summed E-state index contributed by atoms with van der Waals surface area (Å²) in [4.78, 5) is -0.502. The fraction of sp³-hybridized carbons (Fsp3) is 0.400. The Morgan fingerprint density at radius 1 is 1.00 bits per heavy atom. The number of ether oxygens (including phenoxy) is 1.